The van der Waals surface area contributed by atoms with Crippen LogP contribution in [0.1, 0.15) is 29.6 Å². The minimum atomic E-state index is -0.673. The van der Waals surface area contributed by atoms with Gasteiger partial charge in [0.15, 0.2) is 0 Å². The summed E-state index contributed by atoms with van der Waals surface area (Å²) in [6.45, 7) is 1.92. The molecule has 0 N–H and O–H groups in total. The van der Waals surface area contributed by atoms with Crippen molar-refractivity contribution in [2.45, 2.75) is 19.3 Å². The summed E-state index contributed by atoms with van der Waals surface area (Å²) in [7, 11) is 3.51. The minimum absolute atomic E-state index is 0.00298. The lowest BCUT2D eigenvalue weighted by Gasteiger charge is -2.30. The van der Waals surface area contributed by atoms with Gasteiger partial charge in [0.25, 0.3) is 5.91 Å². The molecule has 1 aromatic carbocycles. The second-order valence-corrected chi connectivity index (χ2v) is 8.53. The highest BCUT2D eigenvalue weighted by atomic mass is 16.2. The average Bonchev–Trinajstić information content (AvgIpc) is 3.28. The van der Waals surface area contributed by atoms with Crippen molar-refractivity contribution in [3.63, 3.8) is 0 Å². The SMILES string of the molecule is CN(C)C(=O)[C@@]12CN(C(=O)CC3CC3)C[C@@H]1CN(C(=O)c1ccccc1)C2. The molecule has 1 saturated carbocycles. The van der Waals surface area contributed by atoms with E-state index in [1.165, 1.54) is 0 Å². The fourth-order valence-corrected chi connectivity index (χ4v) is 4.62. The molecule has 144 valence electrons. The zero-order valence-electron chi connectivity index (χ0n) is 16.1. The molecule has 6 heteroatoms. The Morgan fingerprint density at radius 2 is 1.67 bits per heavy atom. The second kappa shape index (κ2) is 6.66. The third kappa shape index (κ3) is 3.22. The molecule has 27 heavy (non-hydrogen) atoms. The summed E-state index contributed by atoms with van der Waals surface area (Å²) in [5.41, 5.74) is -0.0285. The highest BCUT2D eigenvalue weighted by molar-refractivity contribution is 5.96. The van der Waals surface area contributed by atoms with E-state index in [0.29, 0.717) is 44.1 Å². The highest BCUT2D eigenvalue weighted by Gasteiger charge is 2.59. The highest BCUT2D eigenvalue weighted by Crippen LogP contribution is 2.45. The molecule has 0 aromatic heterocycles. The predicted octanol–water partition coefficient (Wildman–Crippen LogP) is 1.48. The van der Waals surface area contributed by atoms with E-state index in [0.717, 1.165) is 12.8 Å². The molecule has 2 aliphatic heterocycles. The third-order valence-electron chi connectivity index (χ3n) is 6.26. The van der Waals surface area contributed by atoms with Crippen molar-refractivity contribution >= 4 is 17.7 Å². The van der Waals surface area contributed by atoms with E-state index in [2.05, 4.69) is 0 Å². The standard InChI is InChI=1S/C21H27N3O3/c1-22(2)20(27)21-13-23(18(25)10-15-8-9-15)11-17(21)12-24(14-21)19(26)16-6-4-3-5-7-16/h3-7,15,17H,8-14H2,1-2H3/t17-,21-/m1/s1. The van der Waals surface area contributed by atoms with Gasteiger partial charge in [0.1, 0.15) is 0 Å². The summed E-state index contributed by atoms with van der Waals surface area (Å²) in [6.07, 6.45) is 2.89. The summed E-state index contributed by atoms with van der Waals surface area (Å²) < 4.78 is 0. The van der Waals surface area contributed by atoms with Gasteiger partial charge in [-0.15, -0.1) is 0 Å². The first kappa shape index (κ1) is 18.0. The minimum Gasteiger partial charge on any atom is -0.348 e. The van der Waals surface area contributed by atoms with E-state index in [9.17, 15) is 14.4 Å². The molecule has 0 bridgehead atoms. The Kier molecular flexibility index (Phi) is 4.44. The Hall–Kier alpha value is -2.37. The quantitative estimate of drug-likeness (QED) is 0.808. The van der Waals surface area contributed by atoms with E-state index in [1.54, 1.807) is 23.9 Å². The van der Waals surface area contributed by atoms with Crippen LogP contribution >= 0.6 is 0 Å². The van der Waals surface area contributed by atoms with Crippen LogP contribution in [0, 0.1) is 17.3 Å². The number of benzene rings is 1. The number of carbonyl (C=O) groups excluding carboxylic acids is 3. The van der Waals surface area contributed by atoms with Crippen LogP contribution in [0.2, 0.25) is 0 Å². The Bertz CT molecular complexity index is 759. The summed E-state index contributed by atoms with van der Waals surface area (Å²) in [6, 6.07) is 9.20. The molecule has 4 rings (SSSR count). The van der Waals surface area contributed by atoms with Crippen LogP contribution in [0.5, 0.6) is 0 Å². The Morgan fingerprint density at radius 1 is 1.04 bits per heavy atom. The maximum absolute atomic E-state index is 13.1. The summed E-state index contributed by atoms with van der Waals surface area (Å²) in [5.74, 6) is 0.695. The molecule has 0 unspecified atom stereocenters. The van der Waals surface area contributed by atoms with Crippen molar-refractivity contribution in [2.75, 3.05) is 40.3 Å². The Labute approximate surface area is 160 Å². The summed E-state index contributed by atoms with van der Waals surface area (Å²) >= 11 is 0. The fourth-order valence-electron chi connectivity index (χ4n) is 4.62. The van der Waals surface area contributed by atoms with Crippen LogP contribution in [0.4, 0.5) is 0 Å². The van der Waals surface area contributed by atoms with Crippen LogP contribution in [0.3, 0.4) is 0 Å². The van der Waals surface area contributed by atoms with E-state index in [-0.39, 0.29) is 23.6 Å². The van der Waals surface area contributed by atoms with Crippen molar-refractivity contribution in [1.82, 2.24) is 14.7 Å². The largest absolute Gasteiger partial charge is 0.348 e. The van der Waals surface area contributed by atoms with Gasteiger partial charge < -0.3 is 14.7 Å². The first-order valence-electron chi connectivity index (χ1n) is 9.74. The number of fused-ring (bicyclic) bond motifs is 1. The van der Waals surface area contributed by atoms with Crippen molar-refractivity contribution in [2.24, 2.45) is 17.3 Å². The molecule has 0 radical (unpaired) electrons. The summed E-state index contributed by atoms with van der Waals surface area (Å²) in [4.78, 5) is 43.9. The van der Waals surface area contributed by atoms with Crippen molar-refractivity contribution in [1.29, 1.82) is 0 Å². The topological polar surface area (TPSA) is 60.9 Å². The molecule has 3 fully saturated rings. The number of carbonyl (C=O) groups is 3. The maximum Gasteiger partial charge on any atom is 0.253 e. The third-order valence-corrected chi connectivity index (χ3v) is 6.26. The van der Waals surface area contributed by atoms with Crippen LogP contribution in [-0.2, 0) is 9.59 Å². The van der Waals surface area contributed by atoms with E-state index in [1.807, 2.05) is 35.2 Å². The molecular weight excluding hydrogens is 342 g/mol. The zero-order valence-corrected chi connectivity index (χ0v) is 16.1. The second-order valence-electron chi connectivity index (χ2n) is 8.53. The van der Waals surface area contributed by atoms with E-state index in [4.69, 9.17) is 0 Å². The van der Waals surface area contributed by atoms with Gasteiger partial charge in [-0.05, 0) is 30.9 Å². The van der Waals surface area contributed by atoms with Crippen LogP contribution in [0.15, 0.2) is 30.3 Å². The van der Waals surface area contributed by atoms with Gasteiger partial charge >= 0.3 is 0 Å². The van der Waals surface area contributed by atoms with Crippen molar-refractivity contribution in [3.05, 3.63) is 35.9 Å². The van der Waals surface area contributed by atoms with Gasteiger partial charge in [0.05, 0.1) is 5.41 Å². The lowest BCUT2D eigenvalue weighted by Crippen LogP contribution is -2.48. The van der Waals surface area contributed by atoms with E-state index < -0.39 is 5.41 Å². The molecule has 0 spiro atoms. The van der Waals surface area contributed by atoms with Gasteiger partial charge in [0.2, 0.25) is 11.8 Å². The van der Waals surface area contributed by atoms with E-state index >= 15 is 0 Å². The summed E-state index contributed by atoms with van der Waals surface area (Å²) in [5, 5.41) is 0. The molecule has 2 atom stereocenters. The monoisotopic (exact) mass is 369 g/mol. The van der Waals surface area contributed by atoms with Crippen LogP contribution in [-0.4, -0.2) is 72.7 Å². The zero-order chi connectivity index (χ0) is 19.2. The molecule has 2 heterocycles. The van der Waals surface area contributed by atoms with Crippen LogP contribution in [0.25, 0.3) is 0 Å². The van der Waals surface area contributed by atoms with Crippen molar-refractivity contribution in [3.8, 4) is 0 Å². The maximum atomic E-state index is 13.1. The lowest BCUT2D eigenvalue weighted by atomic mass is 9.80. The number of rotatable bonds is 4. The molecule has 1 aromatic rings. The van der Waals surface area contributed by atoms with Gasteiger partial charge in [-0.25, -0.2) is 0 Å². The molecular formula is C21H27N3O3. The molecule has 6 nitrogen and oxygen atoms in total. The normalized spacial score (nSPS) is 26.8. The van der Waals surface area contributed by atoms with Gasteiger partial charge in [0, 0.05) is 58.2 Å². The van der Waals surface area contributed by atoms with Crippen LogP contribution < -0.4 is 0 Å². The van der Waals surface area contributed by atoms with Crippen molar-refractivity contribution < 1.29 is 14.4 Å². The number of nitrogens with zero attached hydrogens (tertiary/aromatic N) is 3. The number of likely N-dealkylation sites (tertiary alicyclic amines) is 2. The van der Waals surface area contributed by atoms with Gasteiger partial charge in [-0.3, -0.25) is 14.4 Å². The first-order chi connectivity index (χ1) is 12.9. The fraction of sp³-hybridized carbons (Fsp3) is 0.571. The smallest absolute Gasteiger partial charge is 0.253 e. The van der Waals surface area contributed by atoms with Gasteiger partial charge in [-0.1, -0.05) is 18.2 Å². The predicted molar refractivity (Wildman–Crippen MR) is 101 cm³/mol. The molecule has 3 aliphatic rings. The number of hydrogen-bond acceptors (Lipinski definition) is 3. The lowest BCUT2D eigenvalue weighted by molar-refractivity contribution is -0.140. The first-order valence-corrected chi connectivity index (χ1v) is 9.74. The van der Waals surface area contributed by atoms with Gasteiger partial charge in [-0.2, -0.15) is 0 Å². The Morgan fingerprint density at radius 3 is 2.30 bits per heavy atom. The molecule has 1 aliphatic carbocycles. The molecule has 2 saturated heterocycles. The number of amides is 3. The number of hydrogen-bond donors (Lipinski definition) is 0. The Balaban J connectivity index is 1.54. The average molecular weight is 369 g/mol. The molecule has 3 amide bonds.